The van der Waals surface area contributed by atoms with Crippen molar-refractivity contribution in [3.05, 3.63) is 34.9 Å². The zero-order valence-corrected chi connectivity index (χ0v) is 11.4. The summed E-state index contributed by atoms with van der Waals surface area (Å²) in [5.41, 5.74) is 6.09. The van der Waals surface area contributed by atoms with Gasteiger partial charge in [-0.1, -0.05) is 19.9 Å². The normalized spacial score (nSPS) is 13.9. The Bertz CT molecular complexity index is 414. The minimum atomic E-state index is -4.33. The van der Waals surface area contributed by atoms with Crippen LogP contribution in [0.2, 0.25) is 0 Å². The minimum Gasteiger partial charge on any atom is -0.375 e. The predicted octanol–water partition coefficient (Wildman–Crippen LogP) is 3.69. The van der Waals surface area contributed by atoms with Crippen LogP contribution in [0.15, 0.2) is 18.2 Å². The van der Waals surface area contributed by atoms with Crippen molar-refractivity contribution in [2.45, 2.75) is 45.5 Å². The van der Waals surface area contributed by atoms with Crippen LogP contribution in [-0.4, -0.2) is 12.6 Å². The highest BCUT2D eigenvalue weighted by atomic mass is 19.4. The Labute approximate surface area is 111 Å². The molecule has 0 saturated heterocycles. The van der Waals surface area contributed by atoms with Crippen LogP contribution in [0.25, 0.3) is 0 Å². The largest absolute Gasteiger partial charge is 0.416 e. The lowest BCUT2D eigenvalue weighted by Crippen LogP contribution is -2.21. The van der Waals surface area contributed by atoms with E-state index in [0.29, 0.717) is 17.7 Å². The molecule has 1 aromatic carbocycles. The highest BCUT2D eigenvalue weighted by molar-refractivity contribution is 5.33. The number of nitrogens with two attached hydrogens (primary N) is 1. The van der Waals surface area contributed by atoms with Crippen LogP contribution < -0.4 is 5.73 Å². The number of alkyl halides is 3. The molecule has 1 unspecified atom stereocenters. The van der Waals surface area contributed by atoms with Crippen molar-refractivity contribution < 1.29 is 17.9 Å². The average Bonchev–Trinajstić information content (AvgIpc) is 2.26. The van der Waals surface area contributed by atoms with E-state index in [9.17, 15) is 13.2 Å². The van der Waals surface area contributed by atoms with Gasteiger partial charge in [0.2, 0.25) is 0 Å². The number of rotatable bonds is 5. The third kappa shape index (κ3) is 5.20. The predicted molar refractivity (Wildman–Crippen MR) is 68.8 cm³/mol. The number of halogens is 3. The number of benzene rings is 1. The maximum atomic E-state index is 12.8. The Balaban J connectivity index is 2.94. The van der Waals surface area contributed by atoms with Crippen molar-refractivity contribution in [2.75, 3.05) is 6.61 Å². The van der Waals surface area contributed by atoms with E-state index in [0.717, 1.165) is 6.07 Å². The average molecular weight is 275 g/mol. The molecule has 1 aromatic rings. The summed E-state index contributed by atoms with van der Waals surface area (Å²) in [7, 11) is 0. The Kier molecular flexibility index (Phi) is 5.38. The maximum absolute atomic E-state index is 12.8. The van der Waals surface area contributed by atoms with E-state index in [-0.39, 0.29) is 18.6 Å². The van der Waals surface area contributed by atoms with Crippen LogP contribution in [0.4, 0.5) is 13.2 Å². The summed E-state index contributed by atoms with van der Waals surface area (Å²) in [6.45, 7) is 5.98. The van der Waals surface area contributed by atoms with Crippen LogP contribution in [0, 0.1) is 0 Å². The van der Waals surface area contributed by atoms with Crippen LogP contribution in [-0.2, 0) is 17.5 Å². The van der Waals surface area contributed by atoms with Gasteiger partial charge in [0.25, 0.3) is 0 Å². The Hall–Kier alpha value is -1.07. The van der Waals surface area contributed by atoms with E-state index in [1.807, 2.05) is 13.8 Å². The first-order valence-electron chi connectivity index (χ1n) is 6.24. The summed E-state index contributed by atoms with van der Waals surface area (Å²) in [6.07, 6.45) is -4.33. The molecule has 1 rings (SSSR count). The SMILES string of the molecule is CC(N)COCc1cc(C(C)C)cc(C(F)(F)F)c1. The van der Waals surface area contributed by atoms with E-state index in [1.165, 1.54) is 6.07 Å². The zero-order chi connectivity index (χ0) is 14.6. The van der Waals surface area contributed by atoms with Gasteiger partial charge in [-0.15, -0.1) is 0 Å². The molecule has 0 amide bonds. The first kappa shape index (κ1) is 16.0. The van der Waals surface area contributed by atoms with Gasteiger partial charge in [-0.2, -0.15) is 13.2 Å². The molecule has 108 valence electrons. The standard InChI is InChI=1S/C14H20F3NO/c1-9(2)12-4-11(8-19-7-10(3)18)5-13(6-12)14(15,16)17/h4-6,9-10H,7-8,18H2,1-3H3. The molecule has 2 nitrogen and oxygen atoms in total. The van der Waals surface area contributed by atoms with E-state index in [2.05, 4.69) is 0 Å². The molecule has 0 fully saturated rings. The second kappa shape index (κ2) is 6.39. The van der Waals surface area contributed by atoms with Gasteiger partial charge in [-0.3, -0.25) is 0 Å². The molecule has 0 aliphatic rings. The molecule has 0 radical (unpaired) electrons. The van der Waals surface area contributed by atoms with Gasteiger partial charge < -0.3 is 10.5 Å². The summed E-state index contributed by atoms with van der Waals surface area (Å²) in [6, 6.07) is 3.95. The van der Waals surface area contributed by atoms with Gasteiger partial charge >= 0.3 is 6.18 Å². The summed E-state index contributed by atoms with van der Waals surface area (Å²) in [4.78, 5) is 0. The van der Waals surface area contributed by atoms with E-state index in [1.54, 1.807) is 13.0 Å². The summed E-state index contributed by atoms with van der Waals surface area (Å²) in [5, 5.41) is 0. The minimum absolute atomic E-state index is 0.0366. The lowest BCUT2D eigenvalue weighted by Gasteiger charge is -2.15. The van der Waals surface area contributed by atoms with Crippen LogP contribution in [0.3, 0.4) is 0 Å². The van der Waals surface area contributed by atoms with Crippen molar-refractivity contribution >= 4 is 0 Å². The lowest BCUT2D eigenvalue weighted by atomic mass is 9.97. The molecule has 2 N–H and O–H groups in total. The van der Waals surface area contributed by atoms with E-state index >= 15 is 0 Å². The molecule has 0 aromatic heterocycles. The van der Waals surface area contributed by atoms with Crippen LogP contribution >= 0.6 is 0 Å². The smallest absolute Gasteiger partial charge is 0.375 e. The van der Waals surface area contributed by atoms with Crippen molar-refractivity contribution in [3.8, 4) is 0 Å². The zero-order valence-electron chi connectivity index (χ0n) is 11.4. The van der Waals surface area contributed by atoms with E-state index < -0.39 is 11.7 Å². The molecule has 0 aliphatic heterocycles. The fourth-order valence-electron chi connectivity index (χ4n) is 1.66. The summed E-state index contributed by atoms with van der Waals surface area (Å²) < 4.78 is 43.7. The lowest BCUT2D eigenvalue weighted by molar-refractivity contribution is -0.137. The molecule has 5 heteroatoms. The summed E-state index contributed by atoms with van der Waals surface area (Å²) >= 11 is 0. The third-order valence-corrected chi connectivity index (χ3v) is 2.66. The molecular formula is C14H20F3NO. The van der Waals surface area contributed by atoms with E-state index in [4.69, 9.17) is 10.5 Å². The molecule has 0 saturated carbocycles. The quantitative estimate of drug-likeness (QED) is 0.889. The third-order valence-electron chi connectivity index (χ3n) is 2.66. The fraction of sp³-hybridized carbons (Fsp3) is 0.571. The molecule has 19 heavy (non-hydrogen) atoms. The Morgan fingerprint density at radius 3 is 2.26 bits per heavy atom. The molecular weight excluding hydrogens is 255 g/mol. The number of ether oxygens (including phenoxy) is 1. The first-order valence-corrected chi connectivity index (χ1v) is 6.24. The molecule has 0 bridgehead atoms. The fourth-order valence-corrected chi connectivity index (χ4v) is 1.66. The molecule has 1 atom stereocenters. The molecule has 0 spiro atoms. The van der Waals surface area contributed by atoms with Gasteiger partial charge in [0.1, 0.15) is 0 Å². The molecule has 0 heterocycles. The Morgan fingerprint density at radius 2 is 1.79 bits per heavy atom. The van der Waals surface area contributed by atoms with Crippen molar-refractivity contribution in [2.24, 2.45) is 5.73 Å². The van der Waals surface area contributed by atoms with Crippen LogP contribution in [0.1, 0.15) is 43.4 Å². The summed E-state index contributed by atoms with van der Waals surface area (Å²) in [5.74, 6) is 0.0366. The van der Waals surface area contributed by atoms with Gasteiger partial charge in [-0.05, 0) is 36.1 Å². The van der Waals surface area contributed by atoms with Gasteiger partial charge in [0.15, 0.2) is 0 Å². The number of hydrogen-bond acceptors (Lipinski definition) is 2. The van der Waals surface area contributed by atoms with Crippen molar-refractivity contribution in [1.82, 2.24) is 0 Å². The topological polar surface area (TPSA) is 35.2 Å². The maximum Gasteiger partial charge on any atom is 0.416 e. The van der Waals surface area contributed by atoms with Gasteiger partial charge in [-0.25, -0.2) is 0 Å². The highest BCUT2D eigenvalue weighted by Gasteiger charge is 2.31. The van der Waals surface area contributed by atoms with Gasteiger partial charge in [0.05, 0.1) is 18.8 Å². The second-order valence-electron chi connectivity index (χ2n) is 5.11. The first-order chi connectivity index (χ1) is 8.70. The molecule has 0 aliphatic carbocycles. The highest BCUT2D eigenvalue weighted by Crippen LogP contribution is 2.32. The second-order valence-corrected chi connectivity index (χ2v) is 5.11. The van der Waals surface area contributed by atoms with Crippen molar-refractivity contribution in [3.63, 3.8) is 0 Å². The number of hydrogen-bond donors (Lipinski definition) is 1. The Morgan fingerprint density at radius 1 is 1.16 bits per heavy atom. The van der Waals surface area contributed by atoms with Crippen LogP contribution in [0.5, 0.6) is 0 Å². The van der Waals surface area contributed by atoms with Gasteiger partial charge in [0, 0.05) is 6.04 Å². The van der Waals surface area contributed by atoms with Crippen molar-refractivity contribution in [1.29, 1.82) is 0 Å². The monoisotopic (exact) mass is 275 g/mol.